The average Bonchev–Trinajstić information content (AvgIpc) is 2.74. The summed E-state index contributed by atoms with van der Waals surface area (Å²) in [6, 6.07) is 11.3. The lowest BCUT2D eigenvalue weighted by Gasteiger charge is -1.98. The zero-order valence-corrected chi connectivity index (χ0v) is 10.1. The first kappa shape index (κ1) is 12.1. The minimum atomic E-state index is -0.859. The van der Waals surface area contributed by atoms with E-state index in [4.69, 9.17) is 0 Å². The van der Waals surface area contributed by atoms with Gasteiger partial charge in [0.05, 0.1) is 16.7 Å². The molecule has 1 aliphatic heterocycles. The number of ether oxygens (including phenoxy) is 1. The Balaban J connectivity index is 2.14. The number of fused-ring (bicyclic) bond motifs is 1. The first-order chi connectivity index (χ1) is 9.66. The lowest BCUT2D eigenvalue weighted by atomic mass is 10.0. The second kappa shape index (κ2) is 4.63. The van der Waals surface area contributed by atoms with Gasteiger partial charge in [-0.05, 0) is 24.3 Å². The SMILES string of the molecule is O=C1OC(=O)c2c1ccc(F)c2C#Cc1ccccc1. The van der Waals surface area contributed by atoms with Crippen LogP contribution in [0.4, 0.5) is 4.39 Å². The molecule has 0 saturated carbocycles. The zero-order chi connectivity index (χ0) is 14.1. The van der Waals surface area contributed by atoms with Gasteiger partial charge < -0.3 is 4.74 Å². The Morgan fingerprint density at radius 2 is 1.65 bits per heavy atom. The molecule has 20 heavy (non-hydrogen) atoms. The quantitative estimate of drug-likeness (QED) is 0.418. The van der Waals surface area contributed by atoms with Crippen LogP contribution in [0.15, 0.2) is 42.5 Å². The molecule has 1 aliphatic rings. The van der Waals surface area contributed by atoms with Crippen LogP contribution in [0, 0.1) is 17.7 Å². The molecule has 2 aromatic carbocycles. The Morgan fingerprint density at radius 1 is 0.900 bits per heavy atom. The van der Waals surface area contributed by atoms with Crippen LogP contribution in [-0.4, -0.2) is 11.9 Å². The molecule has 3 rings (SSSR count). The first-order valence-electron chi connectivity index (χ1n) is 5.83. The van der Waals surface area contributed by atoms with Gasteiger partial charge in [-0.1, -0.05) is 30.0 Å². The smallest absolute Gasteiger partial charge is 0.348 e. The number of carbonyl (C=O) groups excluding carboxylic acids is 2. The van der Waals surface area contributed by atoms with Crippen LogP contribution >= 0.6 is 0 Å². The number of benzene rings is 2. The van der Waals surface area contributed by atoms with Crippen LogP contribution in [0.5, 0.6) is 0 Å². The fourth-order valence-corrected chi connectivity index (χ4v) is 1.93. The predicted molar refractivity (Wildman–Crippen MR) is 68.6 cm³/mol. The molecule has 0 amide bonds. The van der Waals surface area contributed by atoms with E-state index in [1.807, 2.05) is 6.07 Å². The number of rotatable bonds is 0. The Kier molecular flexibility index (Phi) is 2.81. The number of halogens is 1. The van der Waals surface area contributed by atoms with Crippen molar-refractivity contribution in [3.8, 4) is 11.8 Å². The Hall–Kier alpha value is -2.93. The van der Waals surface area contributed by atoms with Crippen molar-refractivity contribution < 1.29 is 18.7 Å². The molecule has 0 N–H and O–H groups in total. The summed E-state index contributed by atoms with van der Waals surface area (Å²) in [5, 5.41) is 0. The van der Waals surface area contributed by atoms with Gasteiger partial charge in [-0.2, -0.15) is 0 Å². The number of hydrogen-bond acceptors (Lipinski definition) is 3. The summed E-state index contributed by atoms with van der Waals surface area (Å²) in [7, 11) is 0. The third-order valence-corrected chi connectivity index (χ3v) is 2.87. The monoisotopic (exact) mass is 266 g/mol. The van der Waals surface area contributed by atoms with E-state index < -0.39 is 17.8 Å². The number of hydrogen-bond donors (Lipinski definition) is 0. The minimum absolute atomic E-state index is 0.0498. The van der Waals surface area contributed by atoms with E-state index in [1.165, 1.54) is 6.07 Å². The number of esters is 2. The number of carbonyl (C=O) groups is 2. The molecule has 0 radical (unpaired) electrons. The van der Waals surface area contributed by atoms with Gasteiger partial charge in [0.25, 0.3) is 0 Å². The maximum Gasteiger partial charge on any atom is 0.348 e. The maximum absolute atomic E-state index is 13.8. The van der Waals surface area contributed by atoms with Crippen molar-refractivity contribution in [2.45, 2.75) is 0 Å². The summed E-state index contributed by atoms with van der Waals surface area (Å²) in [6.45, 7) is 0. The summed E-state index contributed by atoms with van der Waals surface area (Å²) in [5.74, 6) is 3.08. The Labute approximate surface area is 114 Å². The van der Waals surface area contributed by atoms with Crippen molar-refractivity contribution in [1.82, 2.24) is 0 Å². The molecule has 0 bridgehead atoms. The number of cyclic esters (lactones) is 2. The van der Waals surface area contributed by atoms with Gasteiger partial charge in [-0.15, -0.1) is 0 Å². The highest BCUT2D eigenvalue weighted by molar-refractivity contribution is 6.16. The van der Waals surface area contributed by atoms with E-state index >= 15 is 0 Å². The van der Waals surface area contributed by atoms with Crippen molar-refractivity contribution in [2.24, 2.45) is 0 Å². The standard InChI is InChI=1S/C16H7FO3/c17-13-9-8-12-14(16(19)20-15(12)18)11(13)7-6-10-4-2-1-3-5-10/h1-5,8-9H. The highest BCUT2D eigenvalue weighted by atomic mass is 19.1. The average molecular weight is 266 g/mol. The molecule has 0 aliphatic carbocycles. The summed E-state index contributed by atoms with van der Waals surface area (Å²) in [5.41, 5.74) is 0.525. The van der Waals surface area contributed by atoms with Crippen molar-refractivity contribution in [2.75, 3.05) is 0 Å². The molecule has 4 heteroatoms. The van der Waals surface area contributed by atoms with E-state index in [0.717, 1.165) is 6.07 Å². The van der Waals surface area contributed by atoms with E-state index in [2.05, 4.69) is 16.6 Å². The second-order valence-electron chi connectivity index (χ2n) is 4.14. The summed E-state index contributed by atoms with van der Waals surface area (Å²) < 4.78 is 18.3. The normalized spacial score (nSPS) is 12.4. The molecule has 0 aromatic heterocycles. The highest BCUT2D eigenvalue weighted by Crippen LogP contribution is 2.25. The zero-order valence-electron chi connectivity index (χ0n) is 10.1. The van der Waals surface area contributed by atoms with E-state index in [9.17, 15) is 14.0 Å². The molecule has 2 aromatic rings. The van der Waals surface area contributed by atoms with Gasteiger partial charge in [0.1, 0.15) is 5.82 Å². The van der Waals surface area contributed by atoms with Gasteiger partial charge in [-0.25, -0.2) is 14.0 Å². The van der Waals surface area contributed by atoms with E-state index in [-0.39, 0.29) is 16.7 Å². The van der Waals surface area contributed by atoms with Gasteiger partial charge in [0.15, 0.2) is 0 Å². The maximum atomic E-state index is 13.8. The molecule has 0 spiro atoms. The van der Waals surface area contributed by atoms with Crippen molar-refractivity contribution in [1.29, 1.82) is 0 Å². The lowest BCUT2D eigenvalue weighted by Crippen LogP contribution is -2.00. The molecular weight excluding hydrogens is 259 g/mol. The minimum Gasteiger partial charge on any atom is -0.386 e. The van der Waals surface area contributed by atoms with Crippen molar-refractivity contribution in [3.05, 3.63) is 70.5 Å². The van der Waals surface area contributed by atoms with Crippen molar-refractivity contribution in [3.63, 3.8) is 0 Å². The summed E-state index contributed by atoms with van der Waals surface area (Å²) in [6.07, 6.45) is 0. The van der Waals surface area contributed by atoms with Crippen LogP contribution in [0.2, 0.25) is 0 Å². The van der Waals surface area contributed by atoms with Crippen LogP contribution < -0.4 is 0 Å². The van der Waals surface area contributed by atoms with E-state index in [0.29, 0.717) is 5.56 Å². The summed E-state index contributed by atoms with van der Waals surface area (Å²) in [4.78, 5) is 23.0. The predicted octanol–water partition coefficient (Wildman–Crippen LogP) is 2.54. The van der Waals surface area contributed by atoms with Gasteiger partial charge in [-0.3, -0.25) is 0 Å². The Morgan fingerprint density at radius 3 is 2.40 bits per heavy atom. The third-order valence-electron chi connectivity index (χ3n) is 2.87. The second-order valence-corrected chi connectivity index (χ2v) is 4.14. The molecule has 0 atom stereocenters. The van der Waals surface area contributed by atoms with Crippen LogP contribution in [0.3, 0.4) is 0 Å². The third kappa shape index (κ3) is 1.95. The fraction of sp³-hybridized carbons (Fsp3) is 0. The van der Waals surface area contributed by atoms with Crippen molar-refractivity contribution >= 4 is 11.9 Å². The summed E-state index contributed by atoms with van der Waals surface area (Å²) >= 11 is 0. The molecular formula is C16H7FO3. The molecule has 1 heterocycles. The van der Waals surface area contributed by atoms with Gasteiger partial charge >= 0.3 is 11.9 Å². The molecule has 96 valence electrons. The van der Waals surface area contributed by atoms with Gasteiger partial charge in [0, 0.05) is 5.56 Å². The lowest BCUT2D eigenvalue weighted by molar-refractivity contribution is 0.0443. The molecule has 3 nitrogen and oxygen atoms in total. The fourth-order valence-electron chi connectivity index (χ4n) is 1.93. The molecule has 0 unspecified atom stereocenters. The van der Waals surface area contributed by atoms with E-state index in [1.54, 1.807) is 24.3 Å². The molecule has 0 fully saturated rings. The Bertz CT molecular complexity index is 783. The van der Waals surface area contributed by atoms with Gasteiger partial charge in [0.2, 0.25) is 0 Å². The highest BCUT2D eigenvalue weighted by Gasteiger charge is 2.33. The van der Waals surface area contributed by atoms with Crippen LogP contribution in [0.25, 0.3) is 0 Å². The molecule has 0 saturated heterocycles. The largest absolute Gasteiger partial charge is 0.386 e. The first-order valence-corrected chi connectivity index (χ1v) is 5.83. The van der Waals surface area contributed by atoms with Crippen LogP contribution in [-0.2, 0) is 4.74 Å². The topological polar surface area (TPSA) is 43.4 Å². The van der Waals surface area contributed by atoms with Crippen LogP contribution in [0.1, 0.15) is 31.8 Å².